The van der Waals surface area contributed by atoms with Gasteiger partial charge in [0, 0.05) is 5.56 Å². The molecule has 0 unspecified atom stereocenters. The molecule has 1 rings (SSSR count). The van der Waals surface area contributed by atoms with Crippen molar-refractivity contribution in [2.45, 2.75) is 60.3 Å². The van der Waals surface area contributed by atoms with E-state index in [9.17, 15) is 9.90 Å². The monoisotopic (exact) mass is 308 g/mol. The molecule has 2 N–H and O–H groups in total. The molecular weight excluding hydrogens is 280 g/mol. The van der Waals surface area contributed by atoms with Crippen molar-refractivity contribution in [3.05, 3.63) is 22.8 Å². The fourth-order valence-electron chi connectivity index (χ4n) is 2.70. The number of rotatable bonds is 6. The van der Waals surface area contributed by atoms with E-state index in [0.29, 0.717) is 24.7 Å². The SMILES string of the molecule is CC(C)Cc1cc(C(C)C)c(CC(C)C)c(O)c1OC(=O)O. The highest BCUT2D eigenvalue weighted by Gasteiger charge is 2.23. The number of ether oxygens (including phenoxy) is 1. The van der Waals surface area contributed by atoms with Crippen LogP contribution in [-0.4, -0.2) is 16.4 Å². The lowest BCUT2D eigenvalue weighted by molar-refractivity contribution is 0.142. The molecular formula is C18H28O4. The van der Waals surface area contributed by atoms with Crippen LogP contribution in [0.4, 0.5) is 4.79 Å². The summed E-state index contributed by atoms with van der Waals surface area (Å²) in [5, 5.41) is 19.6. The largest absolute Gasteiger partial charge is 0.511 e. The summed E-state index contributed by atoms with van der Waals surface area (Å²) >= 11 is 0. The minimum Gasteiger partial charge on any atom is -0.504 e. The molecule has 0 aliphatic heterocycles. The molecule has 0 spiro atoms. The third kappa shape index (κ3) is 4.65. The number of hydrogen-bond donors (Lipinski definition) is 2. The van der Waals surface area contributed by atoms with Crippen LogP contribution in [0.3, 0.4) is 0 Å². The normalized spacial score (nSPS) is 11.5. The standard InChI is InChI=1S/C18H28O4/c1-10(2)7-13-9-14(12(5)6)15(8-11(3)4)16(19)17(13)22-18(20)21/h9-12,19H,7-8H2,1-6H3,(H,20,21). The zero-order valence-corrected chi connectivity index (χ0v) is 14.4. The maximum atomic E-state index is 11.0. The van der Waals surface area contributed by atoms with E-state index in [4.69, 9.17) is 9.84 Å². The van der Waals surface area contributed by atoms with Crippen LogP contribution < -0.4 is 4.74 Å². The molecule has 0 aromatic heterocycles. The van der Waals surface area contributed by atoms with Gasteiger partial charge in [-0.05, 0) is 41.7 Å². The van der Waals surface area contributed by atoms with E-state index in [-0.39, 0.29) is 17.4 Å². The molecule has 0 radical (unpaired) electrons. The summed E-state index contributed by atoms with van der Waals surface area (Å²) in [6, 6.07) is 2.00. The Morgan fingerprint density at radius 3 is 2.05 bits per heavy atom. The molecule has 0 saturated carbocycles. The number of hydrogen-bond acceptors (Lipinski definition) is 3. The fourth-order valence-corrected chi connectivity index (χ4v) is 2.70. The zero-order chi connectivity index (χ0) is 17.0. The second-order valence-electron chi connectivity index (χ2n) is 7.00. The Hall–Kier alpha value is -1.71. The van der Waals surface area contributed by atoms with Gasteiger partial charge in [0.2, 0.25) is 0 Å². The molecule has 0 aliphatic carbocycles. The third-order valence-electron chi connectivity index (χ3n) is 3.52. The molecule has 0 atom stereocenters. The predicted molar refractivity (Wildman–Crippen MR) is 87.9 cm³/mol. The quantitative estimate of drug-likeness (QED) is 0.575. The number of carboxylic acid groups (broad SMARTS) is 1. The van der Waals surface area contributed by atoms with Crippen LogP contribution in [0.1, 0.15) is 64.2 Å². The summed E-state index contributed by atoms with van der Waals surface area (Å²) < 4.78 is 4.90. The average molecular weight is 308 g/mol. The molecule has 0 aliphatic rings. The first kappa shape index (κ1) is 18.3. The maximum absolute atomic E-state index is 11.0. The molecule has 22 heavy (non-hydrogen) atoms. The number of phenolic OH excluding ortho intramolecular Hbond substituents is 1. The Kier molecular flexibility index (Phi) is 6.27. The summed E-state index contributed by atoms with van der Waals surface area (Å²) in [7, 11) is 0. The van der Waals surface area contributed by atoms with E-state index in [2.05, 4.69) is 41.5 Å². The van der Waals surface area contributed by atoms with Crippen molar-refractivity contribution in [3.63, 3.8) is 0 Å². The first-order valence-electron chi connectivity index (χ1n) is 7.91. The summed E-state index contributed by atoms with van der Waals surface area (Å²) in [6.07, 6.45) is -0.0390. The van der Waals surface area contributed by atoms with Crippen molar-refractivity contribution in [2.24, 2.45) is 11.8 Å². The molecule has 0 amide bonds. The highest BCUT2D eigenvalue weighted by molar-refractivity contribution is 5.66. The van der Waals surface area contributed by atoms with E-state index >= 15 is 0 Å². The first-order chi connectivity index (χ1) is 10.1. The van der Waals surface area contributed by atoms with E-state index in [1.165, 1.54) is 0 Å². The molecule has 0 heterocycles. The van der Waals surface area contributed by atoms with Gasteiger partial charge in [-0.1, -0.05) is 47.6 Å². The molecule has 0 fully saturated rings. The lowest BCUT2D eigenvalue weighted by atomic mass is 9.87. The maximum Gasteiger partial charge on any atom is 0.511 e. The summed E-state index contributed by atoms with van der Waals surface area (Å²) in [6.45, 7) is 12.4. The molecule has 124 valence electrons. The predicted octanol–water partition coefficient (Wildman–Crippen LogP) is 4.97. The third-order valence-corrected chi connectivity index (χ3v) is 3.52. The summed E-state index contributed by atoms with van der Waals surface area (Å²) in [4.78, 5) is 11.0. The van der Waals surface area contributed by atoms with Crippen LogP contribution in [0, 0.1) is 11.8 Å². The summed E-state index contributed by atoms with van der Waals surface area (Å²) in [5.41, 5.74) is 2.62. The van der Waals surface area contributed by atoms with Gasteiger partial charge in [0.15, 0.2) is 11.5 Å². The second-order valence-corrected chi connectivity index (χ2v) is 7.00. The summed E-state index contributed by atoms with van der Waals surface area (Å²) in [5.74, 6) is 1.03. The zero-order valence-electron chi connectivity index (χ0n) is 14.4. The van der Waals surface area contributed by atoms with Gasteiger partial charge in [-0.25, -0.2) is 4.79 Å². The first-order valence-corrected chi connectivity index (χ1v) is 7.91. The van der Waals surface area contributed by atoms with Crippen LogP contribution in [0.15, 0.2) is 6.07 Å². The van der Waals surface area contributed by atoms with Crippen molar-refractivity contribution < 1.29 is 19.7 Å². The topological polar surface area (TPSA) is 66.8 Å². The Bertz CT molecular complexity index is 530. The molecule has 4 heteroatoms. The van der Waals surface area contributed by atoms with Gasteiger partial charge in [0.1, 0.15) is 0 Å². The lowest BCUT2D eigenvalue weighted by Gasteiger charge is -2.21. The van der Waals surface area contributed by atoms with Gasteiger partial charge in [-0.3, -0.25) is 0 Å². The van der Waals surface area contributed by atoms with Gasteiger partial charge in [0.05, 0.1) is 0 Å². The van der Waals surface area contributed by atoms with Gasteiger partial charge in [0.25, 0.3) is 0 Å². The molecule has 0 bridgehead atoms. The number of carbonyl (C=O) groups is 1. The Labute approximate surface area is 133 Å². The minimum atomic E-state index is -1.40. The lowest BCUT2D eigenvalue weighted by Crippen LogP contribution is -2.11. The number of phenols is 1. The van der Waals surface area contributed by atoms with Crippen molar-refractivity contribution in [1.29, 1.82) is 0 Å². The van der Waals surface area contributed by atoms with Crippen molar-refractivity contribution >= 4 is 6.16 Å². The van der Waals surface area contributed by atoms with Crippen molar-refractivity contribution in [3.8, 4) is 11.5 Å². The van der Waals surface area contributed by atoms with Gasteiger partial charge < -0.3 is 14.9 Å². The van der Waals surface area contributed by atoms with Crippen LogP contribution in [0.5, 0.6) is 11.5 Å². The van der Waals surface area contributed by atoms with Crippen molar-refractivity contribution in [2.75, 3.05) is 0 Å². The molecule has 0 saturated heterocycles. The molecule has 1 aromatic carbocycles. The Balaban J connectivity index is 3.52. The second kappa shape index (κ2) is 7.52. The smallest absolute Gasteiger partial charge is 0.504 e. The minimum absolute atomic E-state index is 0.0158. The molecule has 1 aromatic rings. The van der Waals surface area contributed by atoms with Crippen LogP contribution in [0.2, 0.25) is 0 Å². The number of benzene rings is 1. The Morgan fingerprint density at radius 2 is 1.64 bits per heavy atom. The van der Waals surface area contributed by atoms with Crippen molar-refractivity contribution in [1.82, 2.24) is 0 Å². The average Bonchev–Trinajstić information content (AvgIpc) is 2.35. The van der Waals surface area contributed by atoms with Crippen LogP contribution >= 0.6 is 0 Å². The van der Waals surface area contributed by atoms with E-state index in [0.717, 1.165) is 16.7 Å². The van der Waals surface area contributed by atoms with Gasteiger partial charge >= 0.3 is 6.16 Å². The van der Waals surface area contributed by atoms with E-state index in [1.54, 1.807) is 0 Å². The number of aromatic hydroxyl groups is 1. The highest BCUT2D eigenvalue weighted by atomic mass is 16.7. The fraction of sp³-hybridized carbons (Fsp3) is 0.611. The highest BCUT2D eigenvalue weighted by Crippen LogP contribution is 2.41. The van der Waals surface area contributed by atoms with Gasteiger partial charge in [-0.15, -0.1) is 0 Å². The van der Waals surface area contributed by atoms with Gasteiger partial charge in [-0.2, -0.15) is 0 Å². The van der Waals surface area contributed by atoms with Crippen LogP contribution in [0.25, 0.3) is 0 Å². The van der Waals surface area contributed by atoms with E-state index < -0.39 is 6.16 Å². The van der Waals surface area contributed by atoms with Crippen LogP contribution in [-0.2, 0) is 12.8 Å². The Morgan fingerprint density at radius 1 is 1.09 bits per heavy atom. The molecule has 4 nitrogen and oxygen atoms in total. The van der Waals surface area contributed by atoms with E-state index in [1.807, 2.05) is 6.07 Å².